The molecule has 0 aliphatic rings. The Morgan fingerprint density at radius 3 is 1.64 bits per heavy atom. The molecule has 0 atom stereocenters. The van der Waals surface area contributed by atoms with Gasteiger partial charge in [0.05, 0.1) is 34.3 Å². The highest BCUT2D eigenvalue weighted by molar-refractivity contribution is 7.80. The van der Waals surface area contributed by atoms with E-state index in [2.05, 4.69) is 32.2 Å². The summed E-state index contributed by atoms with van der Waals surface area (Å²) in [5, 5.41) is 0. The summed E-state index contributed by atoms with van der Waals surface area (Å²) in [6.45, 7) is 4.82. The third kappa shape index (κ3) is 22.6. The minimum Gasteiger partial charge on any atom is -0.726 e. The third-order valence-corrected chi connectivity index (χ3v) is 1.68. The lowest BCUT2D eigenvalue weighted by atomic mass is 10.4. The van der Waals surface area contributed by atoms with Crippen LogP contribution in [0, 0.1) is 0 Å². The Kier molecular flexibility index (Phi) is 8.33. The standard InChI is InChI=1S/C6H16N.C2H6O4S/c1-5-6-7(2,3)4;1-2-6-7(3,4)5/h5-6H2,1-4H3;2H2,1H3,(H,3,4,5)/q+1;/p-1. The van der Waals surface area contributed by atoms with Crippen LogP contribution in [0.5, 0.6) is 0 Å². The van der Waals surface area contributed by atoms with Gasteiger partial charge < -0.3 is 9.04 Å². The van der Waals surface area contributed by atoms with Gasteiger partial charge in [-0.2, -0.15) is 0 Å². The van der Waals surface area contributed by atoms with Gasteiger partial charge in [0, 0.05) is 0 Å². The molecular weight excluding hydrogens is 206 g/mol. The summed E-state index contributed by atoms with van der Waals surface area (Å²) in [5.41, 5.74) is 0. The van der Waals surface area contributed by atoms with E-state index in [4.69, 9.17) is 0 Å². The van der Waals surface area contributed by atoms with Crippen molar-refractivity contribution in [2.45, 2.75) is 20.3 Å². The number of rotatable bonds is 4. The first-order chi connectivity index (χ1) is 6.12. The Morgan fingerprint density at radius 2 is 1.64 bits per heavy atom. The molecule has 0 heterocycles. The molecule has 14 heavy (non-hydrogen) atoms. The maximum Gasteiger partial charge on any atom is 0.217 e. The first kappa shape index (κ1) is 16.3. The molecule has 0 saturated carbocycles. The van der Waals surface area contributed by atoms with Gasteiger partial charge in [0.1, 0.15) is 0 Å². The molecule has 0 amide bonds. The molecule has 0 unspecified atom stereocenters. The minimum atomic E-state index is -4.42. The van der Waals surface area contributed by atoms with Gasteiger partial charge >= 0.3 is 0 Å². The molecule has 0 bridgehead atoms. The maximum atomic E-state index is 9.45. The van der Waals surface area contributed by atoms with Crippen molar-refractivity contribution < 1.29 is 21.6 Å². The van der Waals surface area contributed by atoms with E-state index in [0.717, 1.165) is 4.48 Å². The Hall–Kier alpha value is -0.170. The molecule has 0 spiro atoms. The first-order valence-electron chi connectivity index (χ1n) is 4.53. The van der Waals surface area contributed by atoms with E-state index in [1.165, 1.54) is 19.9 Å². The average molecular weight is 227 g/mol. The molecular formula is C8H21NO4S. The van der Waals surface area contributed by atoms with E-state index < -0.39 is 10.4 Å². The van der Waals surface area contributed by atoms with Gasteiger partial charge in [-0.3, -0.25) is 4.18 Å². The fourth-order valence-electron chi connectivity index (χ4n) is 0.815. The molecule has 0 aromatic rings. The molecule has 0 aromatic heterocycles. The summed E-state index contributed by atoms with van der Waals surface area (Å²) >= 11 is 0. The van der Waals surface area contributed by atoms with Gasteiger partial charge in [0.2, 0.25) is 10.4 Å². The molecule has 0 radical (unpaired) electrons. The summed E-state index contributed by atoms with van der Waals surface area (Å²) in [5.74, 6) is 0. The summed E-state index contributed by atoms with van der Waals surface area (Å²) < 4.78 is 33.1. The van der Waals surface area contributed by atoms with Gasteiger partial charge in [0.25, 0.3) is 0 Å². The highest BCUT2D eigenvalue weighted by atomic mass is 32.3. The van der Waals surface area contributed by atoms with Crippen LogP contribution in [0.15, 0.2) is 0 Å². The highest BCUT2D eigenvalue weighted by Gasteiger charge is 2.01. The zero-order valence-corrected chi connectivity index (χ0v) is 10.4. The molecule has 88 valence electrons. The fraction of sp³-hybridized carbons (Fsp3) is 1.00. The van der Waals surface area contributed by atoms with Crippen LogP contribution < -0.4 is 0 Å². The van der Waals surface area contributed by atoms with E-state index in [-0.39, 0.29) is 6.61 Å². The number of nitrogens with zero attached hydrogens (tertiary/aromatic N) is 1. The molecule has 5 nitrogen and oxygen atoms in total. The van der Waals surface area contributed by atoms with Crippen molar-refractivity contribution in [3.63, 3.8) is 0 Å². The van der Waals surface area contributed by atoms with E-state index in [0.29, 0.717) is 0 Å². The van der Waals surface area contributed by atoms with E-state index >= 15 is 0 Å². The van der Waals surface area contributed by atoms with E-state index in [1.54, 1.807) is 0 Å². The van der Waals surface area contributed by atoms with Crippen LogP contribution in [0.2, 0.25) is 0 Å². The topological polar surface area (TPSA) is 66.4 Å². The minimum absolute atomic E-state index is 0.0914. The van der Waals surface area contributed by atoms with E-state index in [1.807, 2.05) is 0 Å². The van der Waals surface area contributed by atoms with Crippen molar-refractivity contribution in [2.24, 2.45) is 0 Å². The Morgan fingerprint density at radius 1 is 1.21 bits per heavy atom. The van der Waals surface area contributed by atoms with Crippen LogP contribution in [-0.2, 0) is 14.6 Å². The normalized spacial score (nSPS) is 11.9. The highest BCUT2D eigenvalue weighted by Crippen LogP contribution is 1.90. The third-order valence-electron chi connectivity index (χ3n) is 1.16. The zero-order valence-electron chi connectivity index (χ0n) is 9.61. The smallest absolute Gasteiger partial charge is 0.217 e. The first-order valence-corrected chi connectivity index (χ1v) is 5.86. The summed E-state index contributed by atoms with van der Waals surface area (Å²) in [7, 11) is 2.21. The van der Waals surface area contributed by atoms with Crippen LogP contribution in [0.3, 0.4) is 0 Å². The fourth-order valence-corrected chi connectivity index (χ4v) is 1.10. The largest absolute Gasteiger partial charge is 0.726 e. The second kappa shape index (κ2) is 7.17. The predicted molar refractivity (Wildman–Crippen MR) is 54.5 cm³/mol. The molecule has 0 rings (SSSR count). The number of hydrogen-bond donors (Lipinski definition) is 0. The average Bonchev–Trinajstić information content (AvgIpc) is 1.81. The molecule has 0 N–H and O–H groups in total. The maximum absolute atomic E-state index is 9.45. The van der Waals surface area contributed by atoms with Crippen molar-refractivity contribution >= 4 is 10.4 Å². The van der Waals surface area contributed by atoms with Crippen LogP contribution in [0.25, 0.3) is 0 Å². The van der Waals surface area contributed by atoms with Gasteiger partial charge in [-0.1, -0.05) is 6.92 Å². The monoisotopic (exact) mass is 227 g/mol. The van der Waals surface area contributed by atoms with Crippen molar-refractivity contribution in [3.8, 4) is 0 Å². The SMILES string of the molecule is CCC[N+](C)(C)C.CCOS(=O)(=O)[O-]. The van der Waals surface area contributed by atoms with Crippen molar-refractivity contribution in [1.82, 2.24) is 0 Å². The second-order valence-corrected chi connectivity index (χ2v) is 4.88. The molecule has 0 aromatic carbocycles. The Balaban J connectivity index is 0. The zero-order chi connectivity index (χ0) is 11.8. The number of quaternary nitrogens is 1. The molecule has 6 heteroatoms. The molecule has 0 aliphatic heterocycles. The van der Waals surface area contributed by atoms with Gasteiger partial charge in [-0.05, 0) is 13.3 Å². The lowest BCUT2D eigenvalue weighted by Gasteiger charge is -2.22. The Labute approximate surface area is 87.2 Å². The van der Waals surface area contributed by atoms with Crippen LogP contribution >= 0.6 is 0 Å². The quantitative estimate of drug-likeness (QED) is 0.400. The van der Waals surface area contributed by atoms with Crippen molar-refractivity contribution in [1.29, 1.82) is 0 Å². The summed E-state index contributed by atoms with van der Waals surface area (Å²) in [6.07, 6.45) is 1.28. The van der Waals surface area contributed by atoms with Crippen molar-refractivity contribution in [2.75, 3.05) is 34.3 Å². The Bertz CT molecular complexity index is 218. The van der Waals surface area contributed by atoms with Crippen molar-refractivity contribution in [3.05, 3.63) is 0 Å². The van der Waals surface area contributed by atoms with Crippen LogP contribution in [0.1, 0.15) is 20.3 Å². The molecule has 0 saturated heterocycles. The summed E-state index contributed by atoms with van der Waals surface area (Å²) in [6, 6.07) is 0. The number of hydrogen-bond acceptors (Lipinski definition) is 4. The van der Waals surface area contributed by atoms with Gasteiger partial charge in [-0.25, -0.2) is 8.42 Å². The lowest BCUT2D eigenvalue weighted by Crippen LogP contribution is -2.34. The molecule has 0 fully saturated rings. The van der Waals surface area contributed by atoms with Crippen LogP contribution in [-0.4, -0.2) is 51.7 Å². The molecule has 0 aliphatic carbocycles. The second-order valence-electron chi connectivity index (χ2n) is 3.83. The van der Waals surface area contributed by atoms with Gasteiger partial charge in [-0.15, -0.1) is 0 Å². The van der Waals surface area contributed by atoms with Crippen LogP contribution in [0.4, 0.5) is 0 Å². The van der Waals surface area contributed by atoms with Gasteiger partial charge in [0.15, 0.2) is 0 Å². The van der Waals surface area contributed by atoms with E-state index in [9.17, 15) is 13.0 Å². The lowest BCUT2D eigenvalue weighted by molar-refractivity contribution is -0.870. The predicted octanol–water partition coefficient (Wildman–Crippen LogP) is 0.586. The summed E-state index contributed by atoms with van der Waals surface area (Å²) in [4.78, 5) is 0.